The summed E-state index contributed by atoms with van der Waals surface area (Å²) >= 11 is 2.35. The fourth-order valence-corrected chi connectivity index (χ4v) is 9.74. The molecular weight excluding hydrogens is 795 g/mol. The van der Waals surface area contributed by atoms with Crippen LogP contribution in [0.1, 0.15) is 61.3 Å². The van der Waals surface area contributed by atoms with E-state index >= 15 is 0 Å². The highest BCUT2D eigenvalue weighted by Crippen LogP contribution is 2.37. The molecule has 0 atom stereocenters. The van der Waals surface area contributed by atoms with E-state index in [2.05, 4.69) is 55.2 Å². The summed E-state index contributed by atoms with van der Waals surface area (Å²) in [7, 11) is 2.14. The van der Waals surface area contributed by atoms with Gasteiger partial charge in [-0.05, 0) is 108 Å². The second-order valence-corrected chi connectivity index (χ2v) is 17.6. The summed E-state index contributed by atoms with van der Waals surface area (Å²) in [4.78, 5) is 51.9. The molecule has 5 aliphatic rings. The van der Waals surface area contributed by atoms with Gasteiger partial charge in [-0.15, -0.1) is 22.7 Å². The Hall–Kier alpha value is -6.16. The van der Waals surface area contributed by atoms with Crippen molar-refractivity contribution in [2.24, 2.45) is 0 Å². The molecule has 0 aliphatic carbocycles. The average molecular weight is 833 g/mol. The lowest BCUT2D eigenvalue weighted by Crippen LogP contribution is -2.62. The summed E-state index contributed by atoms with van der Waals surface area (Å²) in [6.45, 7) is 8.81. The second-order valence-electron chi connectivity index (χ2n) is 15.8. The van der Waals surface area contributed by atoms with Crippen LogP contribution >= 0.6 is 22.7 Å². The molecule has 2 N–H and O–H groups in total. The van der Waals surface area contributed by atoms with Crippen molar-refractivity contribution >= 4 is 54.7 Å². The van der Waals surface area contributed by atoms with Crippen molar-refractivity contribution in [2.45, 2.75) is 57.7 Å². The number of aromatic carboxylic acids is 1. The lowest BCUT2D eigenvalue weighted by Gasteiger charge is -2.53. The monoisotopic (exact) mass is 832 g/mol. The van der Waals surface area contributed by atoms with Crippen LogP contribution in [0.15, 0.2) is 105 Å². The molecule has 5 aliphatic heterocycles. The number of fused-ring (bicyclic) bond motifs is 6. The molecule has 300 valence electrons. The van der Waals surface area contributed by atoms with Gasteiger partial charge in [-0.25, -0.2) is 13.6 Å². The number of nitrogens with zero attached hydrogens (tertiary/aromatic N) is 5. The number of piperidine rings is 1. The van der Waals surface area contributed by atoms with Gasteiger partial charge in [0.15, 0.2) is 0 Å². The minimum Gasteiger partial charge on any atom is -0.478 e. The van der Waals surface area contributed by atoms with Crippen LogP contribution in [0, 0.1) is 11.6 Å². The van der Waals surface area contributed by atoms with Crippen molar-refractivity contribution in [3.63, 3.8) is 0 Å². The Bertz CT molecular complexity index is 2950. The number of hydrogen-bond acceptors (Lipinski definition) is 9. The number of halogens is 2. The summed E-state index contributed by atoms with van der Waals surface area (Å²) in [5.74, 6) is -1.86. The highest BCUT2D eigenvalue weighted by molar-refractivity contribution is 7.17. The third-order valence-corrected chi connectivity index (χ3v) is 13.2. The van der Waals surface area contributed by atoms with E-state index in [0.717, 1.165) is 24.2 Å². The van der Waals surface area contributed by atoms with E-state index in [1.807, 2.05) is 0 Å². The van der Waals surface area contributed by atoms with Gasteiger partial charge < -0.3 is 10.4 Å². The van der Waals surface area contributed by atoms with Gasteiger partial charge in [0.05, 0.1) is 37.5 Å². The summed E-state index contributed by atoms with van der Waals surface area (Å²) < 4.78 is 31.5. The third-order valence-electron chi connectivity index (χ3n) is 11.2. The molecule has 5 heterocycles. The van der Waals surface area contributed by atoms with E-state index < -0.39 is 5.97 Å². The van der Waals surface area contributed by atoms with E-state index in [-0.39, 0.29) is 51.3 Å². The van der Waals surface area contributed by atoms with Crippen LogP contribution in [0.2, 0.25) is 0 Å². The Labute approximate surface area is 344 Å². The minimum absolute atomic E-state index is 0.0237. The standard InChI is InChI=1S/C27H29FN4O2S.C17H9FN2O3S/c1-26(2)13-17(14-27(3,4)31(26)5)29-24(33)16-9-11-18(12-10-16)32-25(34)20-15-35-23-19(22(20)30-32)7-6-8-21(23)28;18-13-3-1-2-11-14-12(8-24-15(11)13)16(21)20(19-14)10-6-4-9(5-7-10)17(22)23/h6-12,15,17H,13-14H2,1-5H3,(H,29,33);1-8H,(H,22,23). The van der Waals surface area contributed by atoms with Gasteiger partial charge in [0, 0.05) is 44.2 Å². The zero-order valence-electron chi connectivity index (χ0n) is 32.6. The fourth-order valence-electron chi connectivity index (χ4n) is 7.90. The molecule has 1 amide bonds. The topological polar surface area (TPSA) is 139 Å². The van der Waals surface area contributed by atoms with E-state index in [9.17, 15) is 28.0 Å². The highest BCUT2D eigenvalue weighted by atomic mass is 32.1. The normalized spacial score (nSPS) is 15.4. The number of nitrogens with one attached hydrogen (secondary N) is 1. The van der Waals surface area contributed by atoms with Crippen molar-refractivity contribution in [2.75, 3.05) is 7.05 Å². The first-order valence-electron chi connectivity index (χ1n) is 18.7. The lowest BCUT2D eigenvalue weighted by atomic mass is 9.77. The Morgan fingerprint density at radius 2 is 1.12 bits per heavy atom. The van der Waals surface area contributed by atoms with Crippen molar-refractivity contribution in [3.05, 3.63) is 139 Å². The maximum absolute atomic E-state index is 14.2. The molecule has 0 saturated carbocycles. The smallest absolute Gasteiger partial charge is 0.335 e. The first-order valence-corrected chi connectivity index (χ1v) is 20.5. The van der Waals surface area contributed by atoms with Gasteiger partial charge in [-0.1, -0.05) is 24.3 Å². The molecule has 0 unspecified atom stereocenters. The number of carboxylic acid groups (broad SMARTS) is 1. The van der Waals surface area contributed by atoms with Gasteiger partial charge in [0.1, 0.15) is 23.0 Å². The van der Waals surface area contributed by atoms with E-state index in [1.54, 1.807) is 59.3 Å². The van der Waals surface area contributed by atoms with Crippen molar-refractivity contribution in [1.29, 1.82) is 0 Å². The molecule has 1 fully saturated rings. The Morgan fingerprint density at radius 3 is 1.54 bits per heavy atom. The number of carbonyl (C=O) groups is 2. The van der Waals surface area contributed by atoms with Gasteiger partial charge in [0.2, 0.25) is 0 Å². The third kappa shape index (κ3) is 7.19. The Morgan fingerprint density at radius 1 is 0.695 bits per heavy atom. The first-order chi connectivity index (χ1) is 28.0. The first kappa shape index (κ1) is 39.7. The average Bonchev–Trinajstić information content (AvgIpc) is 3.73. The van der Waals surface area contributed by atoms with E-state index in [1.165, 1.54) is 57.1 Å². The number of amides is 1. The predicted molar refractivity (Wildman–Crippen MR) is 227 cm³/mol. The Balaban J connectivity index is 0.000000176. The number of aromatic nitrogens is 4. The zero-order valence-corrected chi connectivity index (χ0v) is 34.3. The molecule has 0 bridgehead atoms. The van der Waals surface area contributed by atoms with Gasteiger partial charge in [-0.2, -0.15) is 19.6 Å². The van der Waals surface area contributed by atoms with Crippen LogP contribution in [-0.4, -0.2) is 65.6 Å². The molecule has 1 saturated heterocycles. The predicted octanol–water partition coefficient (Wildman–Crippen LogP) is 8.46. The SMILES string of the molecule is CN1C(C)(C)CC(NC(=O)c2ccc(-n3nc4c5cccc(F)c5scc-4c3=O)cc2)CC1(C)C.O=C(O)c1ccc(-n2nc3c4cccc(F)c4scc-3c2=O)cc1. The largest absolute Gasteiger partial charge is 0.478 e. The summed E-state index contributed by atoms with van der Waals surface area (Å²) in [6.07, 6.45) is 1.73. The molecule has 15 heteroatoms. The van der Waals surface area contributed by atoms with E-state index in [0.29, 0.717) is 59.6 Å². The Kier molecular flexibility index (Phi) is 10.0. The number of rotatable bonds is 5. The molecule has 0 spiro atoms. The van der Waals surface area contributed by atoms with Crippen LogP contribution in [0.5, 0.6) is 0 Å². The molecule has 9 rings (SSSR count). The summed E-state index contributed by atoms with van der Waals surface area (Å²) in [6, 6.07) is 22.2. The van der Waals surface area contributed by atoms with Crippen LogP contribution < -0.4 is 16.4 Å². The maximum Gasteiger partial charge on any atom is 0.335 e. The molecule has 11 nitrogen and oxygen atoms in total. The second kappa shape index (κ2) is 14.9. The lowest BCUT2D eigenvalue weighted by molar-refractivity contribution is -0.0169. The van der Waals surface area contributed by atoms with Gasteiger partial charge in [-0.3, -0.25) is 19.3 Å². The number of likely N-dealkylation sites (tertiary alicyclic amines) is 1. The molecule has 0 aromatic heterocycles. The van der Waals surface area contributed by atoms with Crippen LogP contribution in [0.25, 0.3) is 54.1 Å². The van der Waals surface area contributed by atoms with Gasteiger partial charge in [0.25, 0.3) is 17.0 Å². The van der Waals surface area contributed by atoms with Crippen LogP contribution in [0.3, 0.4) is 0 Å². The zero-order chi connectivity index (χ0) is 42.0. The van der Waals surface area contributed by atoms with Crippen LogP contribution in [0.4, 0.5) is 8.78 Å². The number of benzene rings is 4. The van der Waals surface area contributed by atoms with Gasteiger partial charge >= 0.3 is 5.97 Å². The van der Waals surface area contributed by atoms with Crippen molar-refractivity contribution < 1.29 is 23.5 Å². The summed E-state index contributed by atoms with van der Waals surface area (Å²) in [5.41, 5.74) is 2.77. The summed E-state index contributed by atoms with van der Waals surface area (Å²) in [5, 5.41) is 25.4. The minimum atomic E-state index is -1.04. The van der Waals surface area contributed by atoms with E-state index in [4.69, 9.17) is 5.11 Å². The van der Waals surface area contributed by atoms with Crippen LogP contribution in [-0.2, 0) is 0 Å². The van der Waals surface area contributed by atoms with Crippen molar-refractivity contribution in [1.82, 2.24) is 29.8 Å². The molecule has 4 aromatic carbocycles. The molecular formula is C44H38F2N6O5S2. The molecule has 59 heavy (non-hydrogen) atoms. The highest BCUT2D eigenvalue weighted by Gasteiger charge is 2.43. The number of carbonyl (C=O) groups excluding carboxylic acids is 1. The molecule has 0 radical (unpaired) electrons. The number of carboxylic acids is 1. The fraction of sp³-hybridized carbons (Fsp3) is 0.227. The number of hydrogen-bond donors (Lipinski definition) is 2. The maximum atomic E-state index is 14.2. The molecule has 4 aromatic rings. The quantitative estimate of drug-likeness (QED) is 0.176. The van der Waals surface area contributed by atoms with Crippen molar-refractivity contribution in [3.8, 4) is 33.9 Å².